The molecule has 27 heavy (non-hydrogen) atoms. The third-order valence-corrected chi connectivity index (χ3v) is 4.47. The Morgan fingerprint density at radius 1 is 1.11 bits per heavy atom. The van der Waals surface area contributed by atoms with Crippen LogP contribution < -0.4 is 10.2 Å². The van der Waals surface area contributed by atoms with Gasteiger partial charge in [-0.2, -0.15) is 0 Å². The van der Waals surface area contributed by atoms with Crippen molar-refractivity contribution in [1.29, 1.82) is 0 Å². The molecule has 1 unspecified atom stereocenters. The zero-order chi connectivity index (χ0) is 19.4. The van der Waals surface area contributed by atoms with E-state index < -0.39 is 6.17 Å². The van der Waals surface area contributed by atoms with Gasteiger partial charge in [0.05, 0.1) is 11.4 Å². The molecule has 2 amide bonds. The summed E-state index contributed by atoms with van der Waals surface area (Å²) in [6.07, 6.45) is -0.642. The molecule has 0 radical (unpaired) electrons. The number of nitrogens with one attached hydrogen (secondary N) is 1. The SMILES string of the molecule is CN(C)CCC(=O)NC1N=C(c2ccccc2)c2ccccc2N(C)C1=O. The molecule has 2 aromatic carbocycles. The zero-order valence-corrected chi connectivity index (χ0v) is 15.8. The minimum atomic E-state index is -0.952. The lowest BCUT2D eigenvalue weighted by Gasteiger charge is -2.21. The molecule has 0 aliphatic carbocycles. The van der Waals surface area contributed by atoms with E-state index in [0.717, 1.165) is 16.8 Å². The molecule has 0 saturated heterocycles. The minimum Gasteiger partial charge on any atom is -0.326 e. The Labute approximate surface area is 159 Å². The van der Waals surface area contributed by atoms with Crippen LogP contribution in [-0.4, -0.2) is 56.3 Å². The third kappa shape index (κ3) is 4.23. The largest absolute Gasteiger partial charge is 0.326 e. The van der Waals surface area contributed by atoms with Gasteiger partial charge in [0.15, 0.2) is 0 Å². The number of hydrogen-bond donors (Lipinski definition) is 1. The van der Waals surface area contributed by atoms with E-state index in [1.807, 2.05) is 73.6 Å². The molecule has 140 valence electrons. The second kappa shape index (κ2) is 8.14. The highest BCUT2D eigenvalue weighted by molar-refractivity contribution is 6.20. The number of amides is 2. The lowest BCUT2D eigenvalue weighted by Crippen LogP contribution is -2.46. The van der Waals surface area contributed by atoms with E-state index in [-0.39, 0.29) is 11.8 Å². The average molecular weight is 364 g/mol. The molecule has 0 spiro atoms. The van der Waals surface area contributed by atoms with E-state index in [1.165, 1.54) is 0 Å². The standard InChI is InChI=1S/C21H24N4O2/c1-24(2)14-13-18(26)22-20-21(27)25(3)17-12-8-7-11-16(17)19(23-20)15-9-5-4-6-10-15/h4-12,20H,13-14H2,1-3H3,(H,22,26). The smallest absolute Gasteiger partial charge is 0.272 e. The van der Waals surface area contributed by atoms with E-state index in [4.69, 9.17) is 0 Å². The molecule has 6 heteroatoms. The number of benzodiazepines with no additional fused rings is 1. The number of aliphatic imine (C=N–C) groups is 1. The Bertz CT molecular complexity index is 861. The van der Waals surface area contributed by atoms with Gasteiger partial charge in [-0.1, -0.05) is 48.5 Å². The predicted molar refractivity (Wildman–Crippen MR) is 107 cm³/mol. The number of nitrogens with zero attached hydrogens (tertiary/aromatic N) is 3. The molecule has 3 rings (SSSR count). The van der Waals surface area contributed by atoms with Crippen LogP contribution in [-0.2, 0) is 9.59 Å². The molecule has 1 atom stereocenters. The summed E-state index contributed by atoms with van der Waals surface area (Å²) in [5.41, 5.74) is 3.24. The third-order valence-electron chi connectivity index (χ3n) is 4.47. The lowest BCUT2D eigenvalue weighted by molar-refractivity contribution is -0.127. The number of fused-ring (bicyclic) bond motifs is 1. The molecule has 1 aliphatic heterocycles. The Hall–Kier alpha value is -2.99. The second-order valence-corrected chi connectivity index (χ2v) is 6.78. The summed E-state index contributed by atoms with van der Waals surface area (Å²) in [7, 11) is 5.52. The number of carbonyl (C=O) groups is 2. The van der Waals surface area contributed by atoms with Crippen molar-refractivity contribution in [3.05, 3.63) is 65.7 Å². The van der Waals surface area contributed by atoms with Crippen LogP contribution in [0.25, 0.3) is 0 Å². The summed E-state index contributed by atoms with van der Waals surface area (Å²) in [5.74, 6) is -0.454. The maximum atomic E-state index is 13.0. The number of carbonyl (C=O) groups excluding carboxylic acids is 2. The first-order valence-electron chi connectivity index (χ1n) is 8.91. The van der Waals surface area contributed by atoms with Gasteiger partial charge >= 0.3 is 0 Å². The van der Waals surface area contributed by atoms with E-state index in [2.05, 4.69) is 10.3 Å². The normalized spacial score (nSPS) is 16.6. The lowest BCUT2D eigenvalue weighted by atomic mass is 10.0. The molecule has 0 bridgehead atoms. The maximum Gasteiger partial charge on any atom is 0.272 e. The van der Waals surface area contributed by atoms with Crippen molar-refractivity contribution in [2.24, 2.45) is 4.99 Å². The first-order valence-corrected chi connectivity index (χ1v) is 8.91. The summed E-state index contributed by atoms with van der Waals surface area (Å²) in [4.78, 5) is 33.4. The molecule has 0 saturated carbocycles. The summed E-state index contributed by atoms with van der Waals surface area (Å²) >= 11 is 0. The van der Waals surface area contributed by atoms with E-state index in [1.54, 1.807) is 11.9 Å². The van der Waals surface area contributed by atoms with Crippen LogP contribution in [0, 0.1) is 0 Å². The highest BCUT2D eigenvalue weighted by Crippen LogP contribution is 2.27. The fraction of sp³-hybridized carbons (Fsp3) is 0.286. The van der Waals surface area contributed by atoms with Gasteiger partial charge in [0.1, 0.15) is 0 Å². The molecular weight excluding hydrogens is 340 g/mol. The van der Waals surface area contributed by atoms with Gasteiger partial charge in [0.2, 0.25) is 12.1 Å². The predicted octanol–water partition coefficient (Wildman–Crippen LogP) is 1.89. The molecule has 1 aliphatic rings. The first-order chi connectivity index (χ1) is 13.0. The van der Waals surface area contributed by atoms with Crippen LogP contribution >= 0.6 is 0 Å². The molecule has 6 nitrogen and oxygen atoms in total. The van der Waals surface area contributed by atoms with Crippen LogP contribution in [0.2, 0.25) is 0 Å². The molecule has 2 aromatic rings. The van der Waals surface area contributed by atoms with Crippen molar-refractivity contribution >= 4 is 23.2 Å². The van der Waals surface area contributed by atoms with Gasteiger partial charge in [0.25, 0.3) is 5.91 Å². The van der Waals surface area contributed by atoms with Gasteiger partial charge in [0, 0.05) is 31.1 Å². The molecule has 0 aromatic heterocycles. The highest BCUT2D eigenvalue weighted by Gasteiger charge is 2.30. The Balaban J connectivity index is 2.00. The van der Waals surface area contributed by atoms with E-state index >= 15 is 0 Å². The number of anilines is 1. The summed E-state index contributed by atoms with van der Waals surface area (Å²) in [6, 6.07) is 17.4. The molecular formula is C21H24N4O2. The van der Waals surface area contributed by atoms with Crippen molar-refractivity contribution < 1.29 is 9.59 Å². The van der Waals surface area contributed by atoms with Crippen LogP contribution in [0.1, 0.15) is 17.5 Å². The van der Waals surface area contributed by atoms with Crippen molar-refractivity contribution in [2.45, 2.75) is 12.6 Å². The van der Waals surface area contributed by atoms with Crippen molar-refractivity contribution in [2.75, 3.05) is 32.6 Å². The fourth-order valence-corrected chi connectivity index (χ4v) is 2.99. The first kappa shape index (κ1) is 18.8. The van der Waals surface area contributed by atoms with E-state index in [9.17, 15) is 9.59 Å². The summed E-state index contributed by atoms with van der Waals surface area (Å²) < 4.78 is 0. The van der Waals surface area contributed by atoms with E-state index in [0.29, 0.717) is 18.7 Å². The zero-order valence-electron chi connectivity index (χ0n) is 15.8. The molecule has 1 N–H and O–H groups in total. The number of benzene rings is 2. The molecule has 1 heterocycles. The Morgan fingerprint density at radius 3 is 2.48 bits per heavy atom. The summed E-state index contributed by atoms with van der Waals surface area (Å²) in [6.45, 7) is 0.609. The van der Waals surface area contributed by atoms with Crippen LogP contribution in [0.15, 0.2) is 59.6 Å². The molecule has 0 fully saturated rings. The van der Waals surface area contributed by atoms with Crippen LogP contribution in [0.5, 0.6) is 0 Å². The number of likely N-dealkylation sites (N-methyl/N-ethyl adjacent to an activating group) is 1. The summed E-state index contributed by atoms with van der Waals surface area (Å²) in [5, 5.41) is 2.78. The second-order valence-electron chi connectivity index (χ2n) is 6.78. The Kier molecular flexibility index (Phi) is 5.66. The topological polar surface area (TPSA) is 65.0 Å². The quantitative estimate of drug-likeness (QED) is 0.881. The Morgan fingerprint density at radius 2 is 1.78 bits per heavy atom. The van der Waals surface area contributed by atoms with Crippen molar-refractivity contribution in [3.8, 4) is 0 Å². The number of rotatable bonds is 5. The van der Waals surface area contributed by atoms with Crippen molar-refractivity contribution in [3.63, 3.8) is 0 Å². The van der Waals surface area contributed by atoms with Crippen molar-refractivity contribution in [1.82, 2.24) is 10.2 Å². The highest BCUT2D eigenvalue weighted by atomic mass is 16.2. The minimum absolute atomic E-state index is 0.197. The van der Waals surface area contributed by atoms with Gasteiger partial charge in [-0.05, 0) is 20.2 Å². The van der Waals surface area contributed by atoms with Crippen LogP contribution in [0.4, 0.5) is 5.69 Å². The van der Waals surface area contributed by atoms with Crippen LogP contribution in [0.3, 0.4) is 0 Å². The number of hydrogen-bond acceptors (Lipinski definition) is 4. The monoisotopic (exact) mass is 364 g/mol. The van der Waals surface area contributed by atoms with Gasteiger partial charge in [-0.25, -0.2) is 4.99 Å². The number of para-hydroxylation sites is 1. The van der Waals surface area contributed by atoms with Gasteiger partial charge < -0.3 is 15.1 Å². The average Bonchev–Trinajstić information content (AvgIpc) is 2.78. The fourth-order valence-electron chi connectivity index (χ4n) is 2.99. The maximum absolute atomic E-state index is 13.0. The van der Waals surface area contributed by atoms with Gasteiger partial charge in [-0.15, -0.1) is 0 Å². The van der Waals surface area contributed by atoms with Gasteiger partial charge in [-0.3, -0.25) is 9.59 Å².